The van der Waals surface area contributed by atoms with Gasteiger partial charge in [-0.15, -0.1) is 0 Å². The zero-order valence-corrected chi connectivity index (χ0v) is 17.5. The van der Waals surface area contributed by atoms with Gasteiger partial charge in [0.1, 0.15) is 6.04 Å². The highest BCUT2D eigenvalue weighted by Gasteiger charge is 2.22. The van der Waals surface area contributed by atoms with Crippen LogP contribution in [0.1, 0.15) is 28.8 Å². The van der Waals surface area contributed by atoms with Crippen molar-refractivity contribution in [2.75, 3.05) is 13.2 Å². The van der Waals surface area contributed by atoms with Crippen LogP contribution in [0.4, 0.5) is 0 Å². The third-order valence-corrected chi connectivity index (χ3v) is 5.08. The van der Waals surface area contributed by atoms with Gasteiger partial charge >= 0.3 is 0 Å². The van der Waals surface area contributed by atoms with Crippen LogP contribution in [0.3, 0.4) is 0 Å². The summed E-state index contributed by atoms with van der Waals surface area (Å²) in [5.41, 5.74) is 3.40. The van der Waals surface area contributed by atoms with Crippen LogP contribution >= 0.6 is 0 Å². The zero-order valence-electron chi connectivity index (χ0n) is 17.5. The molecule has 0 fully saturated rings. The fourth-order valence-corrected chi connectivity index (χ4v) is 3.45. The molecule has 3 N–H and O–H groups in total. The minimum atomic E-state index is -0.709. The molecule has 0 unspecified atom stereocenters. The summed E-state index contributed by atoms with van der Waals surface area (Å²) in [5.74, 6) is -0.546. The fraction of sp³-hybridized carbons (Fsp3) is 0.231. The second kappa shape index (κ2) is 11.7. The van der Waals surface area contributed by atoms with Crippen LogP contribution in [0.2, 0.25) is 0 Å². The molecule has 5 heteroatoms. The molecule has 3 rings (SSSR count). The lowest BCUT2D eigenvalue weighted by atomic mass is 9.98. The van der Waals surface area contributed by atoms with Crippen LogP contribution < -0.4 is 10.6 Å². The molecule has 0 heterocycles. The van der Waals surface area contributed by atoms with Crippen molar-refractivity contribution in [2.24, 2.45) is 0 Å². The van der Waals surface area contributed by atoms with Crippen LogP contribution in [0.5, 0.6) is 0 Å². The van der Waals surface area contributed by atoms with E-state index in [-0.39, 0.29) is 18.4 Å². The number of carbonyl (C=O) groups is 2. The standard InChI is InChI=1S/C26H28N2O3/c29-19-9-16-24(26(31)27-18-17-20-10-3-1-4-11-20)28-25(30)23-15-8-7-14-22(23)21-12-5-2-6-13-21/h1-8,10-15,24,29H,9,16-19H2,(H,27,31)(H,28,30)/t24-/m0/s1. The minimum absolute atomic E-state index is 0.0374. The van der Waals surface area contributed by atoms with Gasteiger partial charge in [-0.05, 0) is 42.0 Å². The molecule has 160 valence electrons. The highest BCUT2D eigenvalue weighted by Crippen LogP contribution is 2.23. The molecule has 3 aromatic rings. The first-order valence-corrected chi connectivity index (χ1v) is 10.6. The number of amides is 2. The predicted octanol–water partition coefficient (Wildman–Crippen LogP) is 3.58. The average Bonchev–Trinajstić information content (AvgIpc) is 2.82. The van der Waals surface area contributed by atoms with E-state index in [1.54, 1.807) is 6.07 Å². The van der Waals surface area contributed by atoms with Gasteiger partial charge in [-0.2, -0.15) is 0 Å². The summed E-state index contributed by atoms with van der Waals surface area (Å²) in [5, 5.41) is 15.0. The van der Waals surface area contributed by atoms with Crippen molar-refractivity contribution < 1.29 is 14.7 Å². The van der Waals surface area contributed by atoms with Crippen molar-refractivity contribution in [1.82, 2.24) is 10.6 Å². The Morgan fingerprint density at radius 2 is 1.48 bits per heavy atom. The Hall–Kier alpha value is -3.44. The van der Waals surface area contributed by atoms with Gasteiger partial charge in [-0.25, -0.2) is 0 Å². The van der Waals surface area contributed by atoms with Crippen molar-refractivity contribution in [3.05, 3.63) is 96.1 Å². The van der Waals surface area contributed by atoms with Crippen molar-refractivity contribution >= 4 is 11.8 Å². The van der Waals surface area contributed by atoms with Gasteiger partial charge in [0, 0.05) is 18.7 Å². The van der Waals surface area contributed by atoms with Crippen LogP contribution in [-0.2, 0) is 11.2 Å². The number of nitrogens with one attached hydrogen (secondary N) is 2. The maximum atomic E-state index is 13.1. The van der Waals surface area contributed by atoms with Crippen molar-refractivity contribution in [3.63, 3.8) is 0 Å². The average molecular weight is 417 g/mol. The molecule has 0 spiro atoms. The molecule has 2 amide bonds. The van der Waals surface area contributed by atoms with Gasteiger partial charge in [0.2, 0.25) is 5.91 Å². The van der Waals surface area contributed by atoms with E-state index < -0.39 is 6.04 Å². The minimum Gasteiger partial charge on any atom is -0.396 e. The maximum Gasteiger partial charge on any atom is 0.252 e. The van der Waals surface area contributed by atoms with Crippen LogP contribution in [0, 0.1) is 0 Å². The van der Waals surface area contributed by atoms with Crippen molar-refractivity contribution in [1.29, 1.82) is 0 Å². The zero-order chi connectivity index (χ0) is 21.9. The first-order valence-electron chi connectivity index (χ1n) is 10.6. The molecule has 0 radical (unpaired) electrons. The summed E-state index contributed by atoms with van der Waals surface area (Å²) < 4.78 is 0. The Balaban J connectivity index is 1.68. The number of hydrogen-bond acceptors (Lipinski definition) is 3. The molecule has 31 heavy (non-hydrogen) atoms. The van der Waals surface area contributed by atoms with E-state index in [1.807, 2.05) is 78.9 Å². The summed E-state index contributed by atoms with van der Waals surface area (Å²) >= 11 is 0. The summed E-state index contributed by atoms with van der Waals surface area (Å²) in [6.45, 7) is 0.444. The molecule has 0 aliphatic rings. The van der Waals surface area contributed by atoms with Crippen LogP contribution in [0.15, 0.2) is 84.9 Å². The Morgan fingerprint density at radius 1 is 0.839 bits per heavy atom. The molecule has 0 aliphatic carbocycles. The van der Waals surface area contributed by atoms with E-state index in [1.165, 1.54) is 0 Å². The Kier molecular flexibility index (Phi) is 8.38. The number of rotatable bonds is 10. The predicted molar refractivity (Wildman–Crippen MR) is 123 cm³/mol. The summed E-state index contributed by atoms with van der Waals surface area (Å²) in [6, 6.07) is 26.2. The maximum absolute atomic E-state index is 13.1. The van der Waals surface area contributed by atoms with E-state index in [4.69, 9.17) is 0 Å². The number of aliphatic hydroxyl groups excluding tert-OH is 1. The van der Waals surface area contributed by atoms with Gasteiger partial charge in [0.05, 0.1) is 0 Å². The Labute approximate surface area is 183 Å². The second-order valence-electron chi connectivity index (χ2n) is 7.33. The Bertz CT molecular complexity index is 974. The van der Waals surface area contributed by atoms with Gasteiger partial charge in [0.25, 0.3) is 5.91 Å². The van der Waals surface area contributed by atoms with Crippen molar-refractivity contribution in [3.8, 4) is 11.1 Å². The van der Waals surface area contributed by atoms with Crippen LogP contribution in [0.25, 0.3) is 11.1 Å². The smallest absolute Gasteiger partial charge is 0.252 e. The number of benzene rings is 3. The fourth-order valence-electron chi connectivity index (χ4n) is 3.45. The molecule has 3 aromatic carbocycles. The lowest BCUT2D eigenvalue weighted by Crippen LogP contribution is -2.47. The summed E-state index contributed by atoms with van der Waals surface area (Å²) in [4.78, 5) is 25.8. The number of aliphatic hydroxyl groups is 1. The molecular weight excluding hydrogens is 388 g/mol. The molecule has 0 bridgehead atoms. The Morgan fingerprint density at radius 3 is 2.19 bits per heavy atom. The summed E-state index contributed by atoms with van der Waals surface area (Å²) in [6.07, 6.45) is 1.51. The SMILES string of the molecule is O=C(N[C@@H](CCCO)C(=O)NCCc1ccccc1)c1ccccc1-c1ccccc1. The topological polar surface area (TPSA) is 78.4 Å². The number of hydrogen-bond donors (Lipinski definition) is 3. The highest BCUT2D eigenvalue weighted by atomic mass is 16.3. The third-order valence-electron chi connectivity index (χ3n) is 5.08. The van der Waals surface area contributed by atoms with E-state index >= 15 is 0 Å². The molecule has 0 aliphatic heterocycles. The molecule has 0 saturated carbocycles. The first-order chi connectivity index (χ1) is 15.2. The van der Waals surface area contributed by atoms with E-state index in [0.717, 1.165) is 16.7 Å². The third kappa shape index (κ3) is 6.52. The molecule has 0 aromatic heterocycles. The first kappa shape index (κ1) is 22.2. The normalized spacial score (nSPS) is 11.5. The quantitative estimate of drug-likeness (QED) is 0.473. The lowest BCUT2D eigenvalue weighted by molar-refractivity contribution is -0.123. The van der Waals surface area contributed by atoms with E-state index in [2.05, 4.69) is 10.6 Å². The van der Waals surface area contributed by atoms with Gasteiger partial charge in [0.15, 0.2) is 0 Å². The van der Waals surface area contributed by atoms with E-state index in [9.17, 15) is 14.7 Å². The van der Waals surface area contributed by atoms with Crippen LogP contribution in [-0.4, -0.2) is 36.1 Å². The largest absolute Gasteiger partial charge is 0.396 e. The monoisotopic (exact) mass is 416 g/mol. The summed E-state index contributed by atoms with van der Waals surface area (Å²) in [7, 11) is 0. The highest BCUT2D eigenvalue weighted by molar-refractivity contribution is 6.02. The molecule has 5 nitrogen and oxygen atoms in total. The van der Waals surface area contributed by atoms with Gasteiger partial charge in [-0.1, -0.05) is 78.9 Å². The van der Waals surface area contributed by atoms with Gasteiger partial charge in [-0.3, -0.25) is 9.59 Å². The van der Waals surface area contributed by atoms with Crippen molar-refractivity contribution in [2.45, 2.75) is 25.3 Å². The van der Waals surface area contributed by atoms with E-state index in [0.29, 0.717) is 31.4 Å². The second-order valence-corrected chi connectivity index (χ2v) is 7.33. The molecule has 1 atom stereocenters. The number of carbonyl (C=O) groups excluding carboxylic acids is 2. The van der Waals surface area contributed by atoms with Gasteiger partial charge < -0.3 is 15.7 Å². The molecular formula is C26H28N2O3. The lowest BCUT2D eigenvalue weighted by Gasteiger charge is -2.19. The molecule has 0 saturated heterocycles.